The fraction of sp³-hybridized carbons (Fsp3) is 0.958. The normalized spacial score (nSPS) is 51.7. The molecule has 0 aromatic heterocycles. The van der Waals surface area contributed by atoms with Gasteiger partial charge in [0.15, 0.2) is 5.66 Å². The van der Waals surface area contributed by atoms with Crippen LogP contribution in [0.4, 0.5) is 0 Å². The van der Waals surface area contributed by atoms with E-state index in [-0.39, 0.29) is 47.0 Å². The Bertz CT molecular complexity index is 749. The first-order valence-corrected chi connectivity index (χ1v) is 12.1. The fourth-order valence-electron chi connectivity index (χ4n) is 8.93. The van der Waals surface area contributed by atoms with Gasteiger partial charge in [-0.1, -0.05) is 20.8 Å². The zero-order valence-corrected chi connectivity index (χ0v) is 18.6. The summed E-state index contributed by atoms with van der Waals surface area (Å²) in [6.45, 7) is 6.82. The van der Waals surface area contributed by atoms with E-state index in [9.17, 15) is 15.0 Å². The molecule has 0 saturated heterocycles. The highest BCUT2D eigenvalue weighted by molar-refractivity contribution is 5.66. The predicted molar refractivity (Wildman–Crippen MR) is 112 cm³/mol. The van der Waals surface area contributed by atoms with Gasteiger partial charge in [0.05, 0.1) is 12.2 Å². The van der Waals surface area contributed by atoms with Crippen molar-refractivity contribution in [1.29, 1.82) is 0 Å². The molecule has 6 nitrogen and oxygen atoms in total. The molecule has 0 aromatic carbocycles. The van der Waals surface area contributed by atoms with Crippen LogP contribution in [-0.4, -0.2) is 39.2 Å². The molecule has 3 N–H and O–H groups in total. The molecule has 1 heterocycles. The van der Waals surface area contributed by atoms with Crippen LogP contribution in [0, 0.1) is 46.3 Å². The van der Waals surface area contributed by atoms with Crippen molar-refractivity contribution in [3.63, 3.8) is 0 Å². The summed E-state index contributed by atoms with van der Waals surface area (Å²) in [6, 6.07) is 0. The highest BCUT2D eigenvalue weighted by Gasteiger charge is 2.67. The van der Waals surface area contributed by atoms with E-state index in [0.29, 0.717) is 30.1 Å². The molecule has 4 saturated carbocycles. The molecule has 0 unspecified atom stereocenters. The number of rotatable bonds is 4. The topological polar surface area (TPSA) is 102 Å². The molecule has 5 aliphatic rings. The standard InChI is InChI=1S/C24H38N2O4/c1-13(4-7-20(29)30)15-5-6-16-21-17(11-19(28)23(15,16)3)22(2)8-9-24(25-26-24)12-14(22)10-18(21)27/h13-19,21,27-28H,4-12H2,1-3H3,(H,29,30)/t13-,14-,15-,16+,17+,18-,19+,21+,22+,23-/m1/s1. The fourth-order valence-corrected chi connectivity index (χ4v) is 8.93. The Morgan fingerprint density at radius 2 is 1.83 bits per heavy atom. The van der Waals surface area contributed by atoms with Crippen LogP contribution < -0.4 is 0 Å². The average molecular weight is 419 g/mol. The Morgan fingerprint density at radius 3 is 2.50 bits per heavy atom. The Labute approximate surface area is 179 Å². The third kappa shape index (κ3) is 2.85. The van der Waals surface area contributed by atoms with E-state index in [4.69, 9.17) is 5.11 Å². The highest BCUT2D eigenvalue weighted by atomic mass is 16.4. The van der Waals surface area contributed by atoms with Crippen LogP contribution in [0.5, 0.6) is 0 Å². The van der Waals surface area contributed by atoms with E-state index in [1.165, 1.54) is 0 Å². The zero-order valence-electron chi connectivity index (χ0n) is 18.6. The number of hydrogen-bond acceptors (Lipinski definition) is 5. The molecule has 1 spiro atoms. The first-order valence-electron chi connectivity index (χ1n) is 12.1. The molecule has 30 heavy (non-hydrogen) atoms. The number of carbonyl (C=O) groups is 1. The van der Waals surface area contributed by atoms with Crippen LogP contribution in [0.2, 0.25) is 0 Å². The Hall–Kier alpha value is -1.01. The van der Waals surface area contributed by atoms with Crippen molar-refractivity contribution in [2.45, 2.75) is 96.4 Å². The number of aliphatic hydroxyl groups is 2. The second kappa shape index (κ2) is 6.74. The van der Waals surface area contributed by atoms with Gasteiger partial charge < -0.3 is 15.3 Å². The van der Waals surface area contributed by atoms with Gasteiger partial charge in [0.25, 0.3) is 0 Å². The van der Waals surface area contributed by atoms with E-state index >= 15 is 0 Å². The monoisotopic (exact) mass is 418 g/mol. The number of carboxylic acid groups (broad SMARTS) is 1. The van der Waals surface area contributed by atoms with E-state index in [1.54, 1.807) is 0 Å². The van der Waals surface area contributed by atoms with Crippen LogP contribution in [0.25, 0.3) is 0 Å². The lowest BCUT2D eigenvalue weighted by molar-refractivity contribution is -0.203. The quantitative estimate of drug-likeness (QED) is 0.635. The molecule has 4 aliphatic carbocycles. The number of carboxylic acids is 1. The molecule has 0 bridgehead atoms. The number of aliphatic hydroxyl groups excluding tert-OH is 2. The van der Waals surface area contributed by atoms with E-state index in [2.05, 4.69) is 31.0 Å². The van der Waals surface area contributed by atoms with E-state index in [0.717, 1.165) is 44.9 Å². The van der Waals surface area contributed by atoms with Gasteiger partial charge in [-0.25, -0.2) is 0 Å². The van der Waals surface area contributed by atoms with Crippen molar-refractivity contribution in [3.8, 4) is 0 Å². The smallest absolute Gasteiger partial charge is 0.303 e. The minimum atomic E-state index is -0.739. The molecular formula is C24H38N2O4. The van der Waals surface area contributed by atoms with Crippen LogP contribution in [-0.2, 0) is 4.79 Å². The second-order valence-electron chi connectivity index (χ2n) is 11.9. The van der Waals surface area contributed by atoms with Crippen LogP contribution in [0.1, 0.15) is 78.6 Å². The largest absolute Gasteiger partial charge is 0.481 e. The molecule has 1 aliphatic heterocycles. The molecule has 168 valence electrons. The molecule has 10 atom stereocenters. The van der Waals surface area contributed by atoms with Gasteiger partial charge in [0, 0.05) is 6.42 Å². The lowest BCUT2D eigenvalue weighted by Gasteiger charge is -2.63. The van der Waals surface area contributed by atoms with Gasteiger partial charge in [0.2, 0.25) is 0 Å². The first kappa shape index (κ1) is 20.9. The molecule has 0 amide bonds. The predicted octanol–water partition coefficient (Wildman–Crippen LogP) is 4.25. The zero-order chi connectivity index (χ0) is 21.5. The SMILES string of the molecule is C[C@H](CCC(=O)O)[C@H]1CC[C@H]2[C@@H]3[C@H](O)C[C@@H]4CC5(CC[C@]4(C)[C@H]3C[C@H](O)[C@]12C)N=N5. The van der Waals surface area contributed by atoms with Crippen molar-refractivity contribution < 1.29 is 20.1 Å². The minimum absolute atomic E-state index is 0.142. The van der Waals surface area contributed by atoms with Crippen LogP contribution >= 0.6 is 0 Å². The molecule has 0 aromatic rings. The van der Waals surface area contributed by atoms with Gasteiger partial charge in [-0.05, 0) is 97.7 Å². The molecular weight excluding hydrogens is 380 g/mol. The Morgan fingerprint density at radius 1 is 1.10 bits per heavy atom. The Kier molecular flexibility index (Phi) is 4.69. The second-order valence-corrected chi connectivity index (χ2v) is 11.9. The third-order valence-corrected chi connectivity index (χ3v) is 10.8. The summed E-state index contributed by atoms with van der Waals surface area (Å²) >= 11 is 0. The summed E-state index contributed by atoms with van der Waals surface area (Å²) in [5, 5.41) is 40.7. The van der Waals surface area contributed by atoms with Gasteiger partial charge >= 0.3 is 5.97 Å². The maximum Gasteiger partial charge on any atom is 0.303 e. The van der Waals surface area contributed by atoms with Gasteiger partial charge in [-0.15, -0.1) is 0 Å². The van der Waals surface area contributed by atoms with Crippen molar-refractivity contribution in [2.24, 2.45) is 56.6 Å². The van der Waals surface area contributed by atoms with E-state index < -0.39 is 5.97 Å². The summed E-state index contributed by atoms with van der Waals surface area (Å²) in [6.07, 6.45) is 6.94. The van der Waals surface area contributed by atoms with Crippen LogP contribution in [0.3, 0.4) is 0 Å². The van der Waals surface area contributed by atoms with Crippen LogP contribution in [0.15, 0.2) is 10.2 Å². The lowest BCUT2D eigenvalue weighted by atomic mass is 9.42. The molecule has 5 rings (SSSR count). The number of nitrogens with zero attached hydrogens (tertiary/aromatic N) is 2. The van der Waals surface area contributed by atoms with Gasteiger partial charge in [-0.3, -0.25) is 4.79 Å². The highest BCUT2D eigenvalue weighted by Crippen LogP contribution is 2.69. The summed E-state index contributed by atoms with van der Waals surface area (Å²) in [7, 11) is 0. The molecule has 6 heteroatoms. The lowest BCUT2D eigenvalue weighted by Crippen LogP contribution is -2.62. The molecule has 0 radical (unpaired) electrons. The average Bonchev–Trinajstić information content (AvgIpc) is 3.34. The Balaban J connectivity index is 1.41. The number of fused-ring (bicyclic) bond motifs is 5. The van der Waals surface area contributed by atoms with Crippen molar-refractivity contribution >= 4 is 5.97 Å². The summed E-state index contributed by atoms with van der Waals surface area (Å²) < 4.78 is 0. The minimum Gasteiger partial charge on any atom is -0.481 e. The summed E-state index contributed by atoms with van der Waals surface area (Å²) in [5.41, 5.74) is -0.213. The maximum atomic E-state index is 11.5. The number of hydrogen-bond donors (Lipinski definition) is 3. The summed E-state index contributed by atoms with van der Waals surface area (Å²) in [5.74, 6) is 1.22. The van der Waals surface area contributed by atoms with Crippen molar-refractivity contribution in [2.75, 3.05) is 0 Å². The maximum absolute atomic E-state index is 11.5. The van der Waals surface area contributed by atoms with Gasteiger partial charge in [-0.2, -0.15) is 10.2 Å². The first-order chi connectivity index (χ1) is 14.1. The van der Waals surface area contributed by atoms with Crippen molar-refractivity contribution in [3.05, 3.63) is 0 Å². The van der Waals surface area contributed by atoms with Crippen molar-refractivity contribution in [1.82, 2.24) is 0 Å². The third-order valence-electron chi connectivity index (χ3n) is 10.8. The molecule has 4 fully saturated rings. The van der Waals surface area contributed by atoms with E-state index in [1.807, 2.05) is 0 Å². The summed E-state index contributed by atoms with van der Waals surface area (Å²) in [4.78, 5) is 11.1. The number of aliphatic carboxylic acids is 1. The van der Waals surface area contributed by atoms with Gasteiger partial charge in [0.1, 0.15) is 0 Å².